The van der Waals surface area contributed by atoms with Crippen molar-refractivity contribution >= 4 is 11.8 Å². The number of hydrogen-bond acceptors (Lipinski definition) is 3. The first-order valence-electron chi connectivity index (χ1n) is 4.49. The predicted octanol–water partition coefficient (Wildman–Crippen LogP) is 0.240. The van der Waals surface area contributed by atoms with Crippen molar-refractivity contribution < 1.29 is 14.7 Å². The number of nitrogens with zero attached hydrogens (tertiary/aromatic N) is 1. The summed E-state index contributed by atoms with van der Waals surface area (Å²) in [4.78, 5) is 23.8. The molecule has 0 aromatic rings. The summed E-state index contributed by atoms with van der Waals surface area (Å²) in [5.74, 6) is -0.617. The monoisotopic (exact) mass is 195 g/mol. The number of aliphatic hydroxyl groups is 1. The lowest BCUT2D eigenvalue weighted by atomic mass is 10.1. The SMILES string of the molecule is C=CCCC1=CC(=O)N(CCO)C1=O. The Morgan fingerprint density at radius 2 is 2.21 bits per heavy atom. The van der Waals surface area contributed by atoms with E-state index in [1.165, 1.54) is 6.08 Å². The van der Waals surface area contributed by atoms with Crippen LogP contribution in [0.2, 0.25) is 0 Å². The average Bonchev–Trinajstić information content (AvgIpc) is 2.43. The summed E-state index contributed by atoms with van der Waals surface area (Å²) in [7, 11) is 0. The van der Waals surface area contributed by atoms with Crippen molar-refractivity contribution in [2.75, 3.05) is 13.2 Å². The van der Waals surface area contributed by atoms with Crippen molar-refractivity contribution in [2.24, 2.45) is 0 Å². The van der Waals surface area contributed by atoms with Crippen LogP contribution < -0.4 is 0 Å². The van der Waals surface area contributed by atoms with Gasteiger partial charge in [0, 0.05) is 11.6 Å². The van der Waals surface area contributed by atoms with E-state index in [4.69, 9.17) is 5.11 Å². The van der Waals surface area contributed by atoms with Crippen molar-refractivity contribution in [2.45, 2.75) is 12.8 Å². The zero-order chi connectivity index (χ0) is 10.6. The third kappa shape index (κ3) is 2.09. The summed E-state index contributed by atoms with van der Waals surface area (Å²) in [6, 6.07) is 0. The Morgan fingerprint density at radius 1 is 1.50 bits per heavy atom. The first-order valence-corrected chi connectivity index (χ1v) is 4.49. The second-order valence-electron chi connectivity index (χ2n) is 3.02. The Hall–Kier alpha value is -1.42. The molecule has 0 unspecified atom stereocenters. The van der Waals surface area contributed by atoms with Gasteiger partial charge in [-0.15, -0.1) is 6.58 Å². The molecule has 1 heterocycles. The van der Waals surface area contributed by atoms with Crippen LogP contribution in [0, 0.1) is 0 Å². The molecule has 76 valence electrons. The minimum absolute atomic E-state index is 0.0752. The first kappa shape index (κ1) is 10.7. The third-order valence-corrected chi connectivity index (χ3v) is 2.02. The number of β-amino-alcohol motifs (C(OH)–C–C–N with tert-alkyl or cyclic N) is 1. The first-order chi connectivity index (χ1) is 6.70. The minimum Gasteiger partial charge on any atom is -0.395 e. The summed E-state index contributed by atoms with van der Waals surface area (Å²) in [5, 5.41) is 8.64. The number of aliphatic hydroxyl groups excluding tert-OH is 1. The second-order valence-corrected chi connectivity index (χ2v) is 3.02. The topological polar surface area (TPSA) is 57.6 Å². The van der Waals surface area contributed by atoms with E-state index in [1.807, 2.05) is 0 Å². The lowest BCUT2D eigenvalue weighted by Crippen LogP contribution is -2.33. The fourth-order valence-electron chi connectivity index (χ4n) is 1.31. The number of hydrogen-bond donors (Lipinski definition) is 1. The van der Waals surface area contributed by atoms with Crippen LogP contribution in [0.3, 0.4) is 0 Å². The van der Waals surface area contributed by atoms with Gasteiger partial charge in [0.15, 0.2) is 0 Å². The van der Waals surface area contributed by atoms with Gasteiger partial charge in [0.25, 0.3) is 11.8 Å². The van der Waals surface area contributed by atoms with Crippen molar-refractivity contribution in [1.82, 2.24) is 4.90 Å². The highest BCUT2D eigenvalue weighted by Crippen LogP contribution is 2.17. The summed E-state index contributed by atoms with van der Waals surface area (Å²) in [6.07, 6.45) is 4.25. The molecule has 0 fully saturated rings. The number of carbonyl (C=O) groups excluding carboxylic acids is 2. The molecule has 1 aliphatic rings. The number of imide groups is 1. The summed E-state index contributed by atoms with van der Waals surface area (Å²) in [5.41, 5.74) is 0.503. The van der Waals surface area contributed by atoms with Crippen molar-refractivity contribution in [3.8, 4) is 0 Å². The highest BCUT2D eigenvalue weighted by Gasteiger charge is 2.29. The van der Waals surface area contributed by atoms with Crippen LogP contribution in [0.5, 0.6) is 0 Å². The van der Waals surface area contributed by atoms with Crippen LogP contribution in [0.1, 0.15) is 12.8 Å². The molecule has 0 saturated carbocycles. The van der Waals surface area contributed by atoms with Gasteiger partial charge in [-0.25, -0.2) is 0 Å². The average molecular weight is 195 g/mol. The Kier molecular flexibility index (Phi) is 3.59. The molecule has 0 bridgehead atoms. The van der Waals surface area contributed by atoms with E-state index >= 15 is 0 Å². The summed E-state index contributed by atoms with van der Waals surface area (Å²) in [6.45, 7) is 3.42. The van der Waals surface area contributed by atoms with E-state index in [9.17, 15) is 9.59 Å². The molecule has 0 atom stereocenters. The van der Waals surface area contributed by atoms with Crippen LogP contribution in [-0.2, 0) is 9.59 Å². The van der Waals surface area contributed by atoms with Crippen LogP contribution in [-0.4, -0.2) is 35.0 Å². The van der Waals surface area contributed by atoms with E-state index in [0.29, 0.717) is 18.4 Å². The van der Waals surface area contributed by atoms with Gasteiger partial charge in [-0.3, -0.25) is 14.5 Å². The smallest absolute Gasteiger partial charge is 0.256 e. The largest absolute Gasteiger partial charge is 0.395 e. The number of amides is 2. The molecule has 1 rings (SSSR count). The van der Waals surface area contributed by atoms with E-state index in [1.54, 1.807) is 6.08 Å². The zero-order valence-corrected chi connectivity index (χ0v) is 7.90. The molecule has 0 saturated heterocycles. The van der Waals surface area contributed by atoms with E-state index < -0.39 is 0 Å². The van der Waals surface area contributed by atoms with Gasteiger partial charge >= 0.3 is 0 Å². The Bertz CT molecular complexity index is 294. The molecule has 4 nitrogen and oxygen atoms in total. The Morgan fingerprint density at radius 3 is 2.79 bits per heavy atom. The minimum atomic E-state index is -0.330. The van der Waals surface area contributed by atoms with Gasteiger partial charge < -0.3 is 5.11 Å². The van der Waals surface area contributed by atoms with Gasteiger partial charge in [0.2, 0.25) is 0 Å². The maximum Gasteiger partial charge on any atom is 0.256 e. The molecule has 14 heavy (non-hydrogen) atoms. The molecule has 2 amide bonds. The van der Waals surface area contributed by atoms with Crippen molar-refractivity contribution in [1.29, 1.82) is 0 Å². The van der Waals surface area contributed by atoms with Crippen LogP contribution in [0.25, 0.3) is 0 Å². The number of allylic oxidation sites excluding steroid dienone is 1. The van der Waals surface area contributed by atoms with E-state index in [-0.39, 0.29) is 25.0 Å². The molecular weight excluding hydrogens is 182 g/mol. The third-order valence-electron chi connectivity index (χ3n) is 2.02. The zero-order valence-electron chi connectivity index (χ0n) is 7.90. The molecule has 1 N–H and O–H groups in total. The lowest BCUT2D eigenvalue weighted by molar-refractivity contribution is -0.137. The molecule has 4 heteroatoms. The molecule has 0 spiro atoms. The van der Waals surface area contributed by atoms with Gasteiger partial charge in [-0.1, -0.05) is 6.08 Å². The quantitative estimate of drug-likeness (QED) is 0.505. The maximum absolute atomic E-state index is 11.5. The summed E-state index contributed by atoms with van der Waals surface area (Å²) >= 11 is 0. The van der Waals surface area contributed by atoms with E-state index in [0.717, 1.165) is 4.90 Å². The van der Waals surface area contributed by atoms with Crippen LogP contribution in [0.4, 0.5) is 0 Å². The fraction of sp³-hybridized carbons (Fsp3) is 0.400. The van der Waals surface area contributed by atoms with Gasteiger partial charge in [-0.2, -0.15) is 0 Å². The fourth-order valence-corrected chi connectivity index (χ4v) is 1.31. The Balaban J connectivity index is 2.63. The lowest BCUT2D eigenvalue weighted by Gasteiger charge is -2.12. The highest BCUT2D eigenvalue weighted by atomic mass is 16.3. The molecule has 0 aromatic heterocycles. The highest BCUT2D eigenvalue weighted by molar-refractivity contribution is 6.16. The number of rotatable bonds is 5. The van der Waals surface area contributed by atoms with E-state index in [2.05, 4.69) is 6.58 Å². The van der Waals surface area contributed by atoms with Crippen LogP contribution >= 0.6 is 0 Å². The molecular formula is C10H13NO3. The molecule has 1 aliphatic heterocycles. The maximum atomic E-state index is 11.5. The predicted molar refractivity (Wildman–Crippen MR) is 51.3 cm³/mol. The molecule has 0 aromatic carbocycles. The van der Waals surface area contributed by atoms with Gasteiger partial charge in [-0.05, 0) is 12.8 Å². The molecule has 0 radical (unpaired) electrons. The Labute approximate surface area is 82.5 Å². The standard InChI is InChI=1S/C10H13NO3/c1-2-3-4-8-7-9(13)11(5-6-12)10(8)14/h2,7,12H,1,3-6H2. The van der Waals surface area contributed by atoms with Crippen molar-refractivity contribution in [3.63, 3.8) is 0 Å². The molecule has 0 aliphatic carbocycles. The number of carbonyl (C=O) groups is 2. The van der Waals surface area contributed by atoms with Gasteiger partial charge in [0.05, 0.1) is 13.2 Å². The summed E-state index contributed by atoms with van der Waals surface area (Å²) < 4.78 is 0. The van der Waals surface area contributed by atoms with Crippen LogP contribution in [0.15, 0.2) is 24.3 Å². The second kappa shape index (κ2) is 4.72. The van der Waals surface area contributed by atoms with Crippen molar-refractivity contribution in [3.05, 3.63) is 24.3 Å². The van der Waals surface area contributed by atoms with Gasteiger partial charge in [0.1, 0.15) is 0 Å². The normalized spacial score (nSPS) is 16.1.